The summed E-state index contributed by atoms with van der Waals surface area (Å²) in [6.07, 6.45) is 6.63. The van der Waals surface area contributed by atoms with Gasteiger partial charge in [0.25, 0.3) is 0 Å². The molecule has 0 N–H and O–H groups in total. The van der Waals surface area contributed by atoms with Crippen LogP contribution in [0.4, 0.5) is 10.3 Å². The Morgan fingerprint density at radius 1 is 1.19 bits per heavy atom. The quantitative estimate of drug-likeness (QED) is 0.837. The van der Waals surface area contributed by atoms with Gasteiger partial charge in [0.2, 0.25) is 5.95 Å². The zero-order valence-corrected chi connectivity index (χ0v) is 12.1. The fraction of sp³-hybridized carbons (Fsp3) is 0.733. The van der Waals surface area contributed by atoms with E-state index in [1.54, 1.807) is 0 Å². The molecule has 114 valence electrons. The first-order valence-corrected chi connectivity index (χ1v) is 7.86. The Labute approximate surface area is 124 Å². The molecule has 5 nitrogen and oxygen atoms in total. The average Bonchev–Trinajstić information content (AvgIpc) is 3.24. The van der Waals surface area contributed by atoms with Crippen molar-refractivity contribution in [2.24, 2.45) is 5.92 Å². The summed E-state index contributed by atoms with van der Waals surface area (Å²) < 4.78 is 18.9. The molecule has 2 atom stereocenters. The first kappa shape index (κ1) is 13.4. The number of hydrogen-bond acceptors (Lipinski definition) is 5. The second kappa shape index (κ2) is 5.50. The van der Waals surface area contributed by atoms with E-state index in [2.05, 4.69) is 19.8 Å². The fourth-order valence-corrected chi connectivity index (χ4v) is 3.32. The smallest absolute Gasteiger partial charge is 0.225 e. The lowest BCUT2D eigenvalue weighted by molar-refractivity contribution is 0.0521. The standard InChI is InChI=1S/C15H21FN4O/c16-12-6-17-15(18-7-12)20-4-3-19-9-14(5-13(19)8-20)21-10-11-1-2-11/h6-7,11,13-14H,1-5,8-10H2/t13-,14-/m1/s1. The van der Waals surface area contributed by atoms with Crippen molar-refractivity contribution < 1.29 is 9.13 Å². The Bertz CT molecular complexity index is 493. The van der Waals surface area contributed by atoms with Crippen molar-refractivity contribution in [3.8, 4) is 0 Å². The Morgan fingerprint density at radius 3 is 2.76 bits per heavy atom. The van der Waals surface area contributed by atoms with Crippen LogP contribution in [0.1, 0.15) is 19.3 Å². The molecular formula is C15H21FN4O. The molecule has 0 bridgehead atoms. The number of rotatable bonds is 4. The highest BCUT2D eigenvalue weighted by Crippen LogP contribution is 2.31. The van der Waals surface area contributed by atoms with E-state index in [0.717, 1.165) is 45.1 Å². The molecule has 0 radical (unpaired) electrons. The number of halogens is 1. The van der Waals surface area contributed by atoms with Gasteiger partial charge in [0.1, 0.15) is 0 Å². The normalized spacial score (nSPS) is 29.7. The summed E-state index contributed by atoms with van der Waals surface area (Å²) in [5.74, 6) is 1.08. The Morgan fingerprint density at radius 2 is 2.00 bits per heavy atom. The summed E-state index contributed by atoms with van der Waals surface area (Å²) in [5.41, 5.74) is 0. The molecule has 2 aliphatic heterocycles. The molecule has 0 aromatic carbocycles. The number of nitrogens with zero attached hydrogens (tertiary/aromatic N) is 4. The van der Waals surface area contributed by atoms with Crippen LogP contribution < -0.4 is 4.90 Å². The summed E-state index contributed by atoms with van der Waals surface area (Å²) in [7, 11) is 0. The van der Waals surface area contributed by atoms with E-state index in [0.29, 0.717) is 18.1 Å². The maximum atomic E-state index is 12.9. The highest BCUT2D eigenvalue weighted by Gasteiger charge is 2.37. The van der Waals surface area contributed by atoms with Crippen molar-refractivity contribution in [1.29, 1.82) is 0 Å². The van der Waals surface area contributed by atoms with Gasteiger partial charge in [-0.2, -0.15) is 0 Å². The van der Waals surface area contributed by atoms with Crippen LogP contribution in [0.2, 0.25) is 0 Å². The van der Waals surface area contributed by atoms with Crippen molar-refractivity contribution in [2.45, 2.75) is 31.4 Å². The van der Waals surface area contributed by atoms with Gasteiger partial charge in [-0.25, -0.2) is 14.4 Å². The minimum Gasteiger partial charge on any atom is -0.377 e. The summed E-state index contributed by atoms with van der Waals surface area (Å²) in [4.78, 5) is 12.9. The van der Waals surface area contributed by atoms with Crippen LogP contribution in [0.5, 0.6) is 0 Å². The zero-order valence-electron chi connectivity index (χ0n) is 12.1. The molecule has 4 rings (SSSR count). The van der Waals surface area contributed by atoms with E-state index < -0.39 is 0 Å². The molecular weight excluding hydrogens is 271 g/mol. The Kier molecular flexibility index (Phi) is 3.51. The van der Waals surface area contributed by atoms with Crippen LogP contribution >= 0.6 is 0 Å². The maximum Gasteiger partial charge on any atom is 0.225 e. The lowest BCUT2D eigenvalue weighted by Gasteiger charge is -2.37. The molecule has 21 heavy (non-hydrogen) atoms. The Hall–Kier alpha value is -1.27. The molecule has 3 aliphatic rings. The van der Waals surface area contributed by atoms with Crippen molar-refractivity contribution in [3.63, 3.8) is 0 Å². The van der Waals surface area contributed by atoms with Crippen LogP contribution in [0.15, 0.2) is 12.4 Å². The number of hydrogen-bond donors (Lipinski definition) is 0. The van der Waals surface area contributed by atoms with Crippen molar-refractivity contribution >= 4 is 5.95 Å². The van der Waals surface area contributed by atoms with Gasteiger partial charge in [0.15, 0.2) is 5.82 Å². The first-order valence-electron chi connectivity index (χ1n) is 7.86. The van der Waals surface area contributed by atoms with Gasteiger partial charge in [-0.15, -0.1) is 0 Å². The van der Waals surface area contributed by atoms with Crippen molar-refractivity contribution in [2.75, 3.05) is 37.7 Å². The number of anilines is 1. The highest BCUT2D eigenvalue weighted by molar-refractivity contribution is 5.30. The monoisotopic (exact) mass is 292 g/mol. The first-order chi connectivity index (χ1) is 10.3. The molecule has 1 aromatic heterocycles. The van der Waals surface area contributed by atoms with Gasteiger partial charge in [0, 0.05) is 38.8 Å². The molecule has 1 saturated carbocycles. The van der Waals surface area contributed by atoms with Crippen molar-refractivity contribution in [1.82, 2.24) is 14.9 Å². The molecule has 1 aromatic rings. The van der Waals surface area contributed by atoms with Crippen LogP contribution in [0.3, 0.4) is 0 Å². The van der Waals surface area contributed by atoms with E-state index in [1.165, 1.54) is 25.2 Å². The van der Waals surface area contributed by atoms with E-state index in [4.69, 9.17) is 4.74 Å². The number of piperazine rings is 1. The van der Waals surface area contributed by atoms with Gasteiger partial charge < -0.3 is 9.64 Å². The van der Waals surface area contributed by atoms with Crippen LogP contribution in [0.25, 0.3) is 0 Å². The second-order valence-corrected chi connectivity index (χ2v) is 6.43. The second-order valence-electron chi connectivity index (χ2n) is 6.43. The predicted molar refractivity (Wildman–Crippen MR) is 76.6 cm³/mol. The van der Waals surface area contributed by atoms with Gasteiger partial charge in [0.05, 0.1) is 18.5 Å². The Balaban J connectivity index is 1.35. The third kappa shape index (κ3) is 3.01. The van der Waals surface area contributed by atoms with E-state index in [1.807, 2.05) is 0 Å². The van der Waals surface area contributed by atoms with E-state index in [-0.39, 0.29) is 5.82 Å². The van der Waals surface area contributed by atoms with Crippen LogP contribution in [-0.2, 0) is 4.74 Å². The number of fused-ring (bicyclic) bond motifs is 1. The van der Waals surface area contributed by atoms with Gasteiger partial charge in [-0.05, 0) is 25.2 Å². The maximum absolute atomic E-state index is 12.9. The van der Waals surface area contributed by atoms with E-state index in [9.17, 15) is 4.39 Å². The SMILES string of the molecule is Fc1cnc(N2CCN3C[C@H](OCC4CC4)C[C@@H]3C2)nc1. The third-order valence-corrected chi connectivity index (χ3v) is 4.73. The minimum atomic E-state index is -0.383. The fourth-order valence-electron chi connectivity index (χ4n) is 3.32. The molecule has 1 aliphatic carbocycles. The topological polar surface area (TPSA) is 41.5 Å². The predicted octanol–water partition coefficient (Wildman–Crippen LogP) is 1.31. The summed E-state index contributed by atoms with van der Waals surface area (Å²) in [6, 6.07) is 0.511. The third-order valence-electron chi connectivity index (χ3n) is 4.73. The lowest BCUT2D eigenvalue weighted by Crippen LogP contribution is -2.50. The van der Waals surface area contributed by atoms with E-state index >= 15 is 0 Å². The molecule has 0 unspecified atom stereocenters. The number of ether oxygens (including phenoxy) is 1. The summed E-state index contributed by atoms with van der Waals surface area (Å²) >= 11 is 0. The number of aromatic nitrogens is 2. The molecule has 0 amide bonds. The van der Waals surface area contributed by atoms with Crippen molar-refractivity contribution in [3.05, 3.63) is 18.2 Å². The molecule has 0 spiro atoms. The van der Waals surface area contributed by atoms with Crippen LogP contribution in [-0.4, -0.2) is 59.8 Å². The largest absolute Gasteiger partial charge is 0.377 e. The van der Waals surface area contributed by atoms with Gasteiger partial charge in [-0.1, -0.05) is 0 Å². The minimum absolute atomic E-state index is 0.379. The summed E-state index contributed by atoms with van der Waals surface area (Å²) in [5, 5.41) is 0. The lowest BCUT2D eigenvalue weighted by atomic mass is 10.1. The van der Waals surface area contributed by atoms with Gasteiger partial charge >= 0.3 is 0 Å². The summed E-state index contributed by atoms with van der Waals surface area (Å²) in [6.45, 7) is 4.81. The van der Waals surface area contributed by atoms with Crippen LogP contribution in [0, 0.1) is 11.7 Å². The van der Waals surface area contributed by atoms with Gasteiger partial charge in [-0.3, -0.25) is 4.90 Å². The molecule has 6 heteroatoms. The zero-order chi connectivity index (χ0) is 14.2. The average molecular weight is 292 g/mol. The molecule has 3 heterocycles. The molecule has 2 saturated heterocycles. The highest BCUT2D eigenvalue weighted by atomic mass is 19.1. The molecule has 3 fully saturated rings.